The molecule has 2 aromatic carbocycles. The number of halogens is 1. The molecule has 176 valence electrons. The van der Waals surface area contributed by atoms with Crippen molar-refractivity contribution in [3.8, 4) is 0 Å². The fourth-order valence-corrected chi connectivity index (χ4v) is 5.27. The average molecular weight is 468 g/mol. The van der Waals surface area contributed by atoms with Gasteiger partial charge in [-0.15, -0.1) is 0 Å². The zero-order chi connectivity index (χ0) is 23.5. The standard InChI is InChI=1S/C27H34ClN3O2/c1-17(29-16-25(32)20-9-5-10-22(28)14-20)13-21-15-30-26-23(21)11-6-12-24(26)27(33)31-18(2)7-4-8-19(31)3/h5-6,9-12,14-15,17-19,25,29-30,32H,4,7-8,13,16H2,1-3H3/t17-,18-,19+,25+/m1/s1. The fourth-order valence-electron chi connectivity index (χ4n) is 5.07. The van der Waals surface area contributed by atoms with Crippen LogP contribution in [0.4, 0.5) is 0 Å². The lowest BCUT2D eigenvalue weighted by molar-refractivity contribution is 0.0512. The number of aliphatic hydroxyl groups excluding tert-OH is 1. The van der Waals surface area contributed by atoms with Crippen LogP contribution in [0.2, 0.25) is 5.02 Å². The first-order valence-corrected chi connectivity index (χ1v) is 12.3. The highest BCUT2D eigenvalue weighted by Gasteiger charge is 2.30. The Labute approximate surface area is 201 Å². The molecule has 1 aromatic heterocycles. The molecule has 33 heavy (non-hydrogen) atoms. The molecule has 0 radical (unpaired) electrons. The lowest BCUT2D eigenvalue weighted by Gasteiger charge is -2.39. The van der Waals surface area contributed by atoms with Crippen LogP contribution < -0.4 is 5.32 Å². The van der Waals surface area contributed by atoms with Crippen LogP contribution in [0.15, 0.2) is 48.7 Å². The van der Waals surface area contributed by atoms with Gasteiger partial charge in [0.1, 0.15) is 0 Å². The van der Waals surface area contributed by atoms with Gasteiger partial charge in [0.2, 0.25) is 0 Å². The maximum absolute atomic E-state index is 13.5. The largest absolute Gasteiger partial charge is 0.387 e. The normalized spacial score (nSPS) is 20.7. The molecule has 5 nitrogen and oxygen atoms in total. The Morgan fingerprint density at radius 2 is 1.94 bits per heavy atom. The summed E-state index contributed by atoms with van der Waals surface area (Å²) in [6.45, 7) is 6.85. The maximum atomic E-state index is 13.5. The van der Waals surface area contributed by atoms with E-state index in [2.05, 4.69) is 42.0 Å². The molecule has 1 aliphatic rings. The van der Waals surface area contributed by atoms with E-state index in [0.29, 0.717) is 11.6 Å². The van der Waals surface area contributed by atoms with E-state index >= 15 is 0 Å². The SMILES string of the molecule is C[C@H](Cc1c[nH]c2c(C(=O)N3[C@H](C)CCC[C@@H]3C)cccc12)NC[C@H](O)c1cccc(Cl)c1. The Morgan fingerprint density at radius 3 is 2.67 bits per heavy atom. The number of hydrogen-bond donors (Lipinski definition) is 3. The Morgan fingerprint density at radius 1 is 1.21 bits per heavy atom. The molecule has 3 N–H and O–H groups in total. The molecular formula is C27H34ClN3O2. The number of hydrogen-bond acceptors (Lipinski definition) is 3. The summed E-state index contributed by atoms with van der Waals surface area (Å²) in [6.07, 6.45) is 5.48. The van der Waals surface area contributed by atoms with Crippen molar-refractivity contribution in [1.29, 1.82) is 0 Å². The number of carbonyl (C=O) groups is 1. The summed E-state index contributed by atoms with van der Waals surface area (Å²) in [5.41, 5.74) is 3.63. The van der Waals surface area contributed by atoms with Gasteiger partial charge in [-0.25, -0.2) is 0 Å². The summed E-state index contributed by atoms with van der Waals surface area (Å²) in [7, 11) is 0. The number of nitrogens with zero attached hydrogens (tertiary/aromatic N) is 1. The molecule has 0 aliphatic carbocycles. The zero-order valence-corrected chi connectivity index (χ0v) is 20.4. The van der Waals surface area contributed by atoms with Crippen molar-refractivity contribution in [2.24, 2.45) is 0 Å². The summed E-state index contributed by atoms with van der Waals surface area (Å²) >= 11 is 6.04. The number of carbonyl (C=O) groups excluding carboxylic acids is 1. The molecule has 1 saturated heterocycles. The zero-order valence-electron chi connectivity index (χ0n) is 19.6. The molecule has 6 heteroatoms. The Hall–Kier alpha value is -2.34. The molecule has 1 amide bonds. The van der Waals surface area contributed by atoms with Crippen molar-refractivity contribution in [3.63, 3.8) is 0 Å². The summed E-state index contributed by atoms with van der Waals surface area (Å²) < 4.78 is 0. The molecule has 0 bridgehead atoms. The van der Waals surface area contributed by atoms with E-state index in [1.54, 1.807) is 12.1 Å². The highest BCUT2D eigenvalue weighted by atomic mass is 35.5. The minimum atomic E-state index is -0.619. The first-order valence-electron chi connectivity index (χ1n) is 11.9. The molecule has 4 atom stereocenters. The van der Waals surface area contributed by atoms with Gasteiger partial charge in [-0.2, -0.15) is 0 Å². The van der Waals surface area contributed by atoms with Gasteiger partial charge >= 0.3 is 0 Å². The van der Waals surface area contributed by atoms with Crippen molar-refractivity contribution in [2.45, 2.75) is 70.7 Å². The van der Waals surface area contributed by atoms with Crippen LogP contribution in [0.3, 0.4) is 0 Å². The predicted molar refractivity (Wildman–Crippen MR) is 135 cm³/mol. The number of aromatic nitrogens is 1. The Kier molecular flexibility index (Phi) is 7.42. The van der Waals surface area contributed by atoms with E-state index in [9.17, 15) is 9.90 Å². The number of aromatic amines is 1. The summed E-state index contributed by atoms with van der Waals surface area (Å²) in [5, 5.41) is 15.6. The number of nitrogens with one attached hydrogen (secondary N) is 2. The van der Waals surface area contributed by atoms with Crippen molar-refractivity contribution < 1.29 is 9.90 Å². The molecule has 1 aliphatic heterocycles. The van der Waals surface area contributed by atoms with Crippen LogP contribution in [0.1, 0.15) is 67.6 Å². The molecule has 3 aromatic rings. The summed E-state index contributed by atoms with van der Waals surface area (Å²) in [6, 6.07) is 14.0. The Bertz CT molecular complexity index is 1100. The minimum Gasteiger partial charge on any atom is -0.387 e. The van der Waals surface area contributed by atoms with Crippen molar-refractivity contribution >= 4 is 28.4 Å². The molecular weight excluding hydrogens is 434 g/mol. The molecule has 1 fully saturated rings. The molecule has 2 heterocycles. The Balaban J connectivity index is 1.45. The van der Waals surface area contributed by atoms with Crippen molar-refractivity contribution in [2.75, 3.05) is 6.54 Å². The number of H-pyrrole nitrogens is 1. The van der Waals surface area contributed by atoms with Crippen molar-refractivity contribution in [1.82, 2.24) is 15.2 Å². The number of rotatable bonds is 7. The highest BCUT2D eigenvalue weighted by Crippen LogP contribution is 2.29. The smallest absolute Gasteiger partial charge is 0.256 e. The minimum absolute atomic E-state index is 0.115. The third-order valence-electron chi connectivity index (χ3n) is 6.88. The van der Waals surface area contributed by atoms with Crippen molar-refractivity contribution in [3.05, 3.63) is 70.4 Å². The van der Waals surface area contributed by atoms with E-state index in [1.807, 2.05) is 30.5 Å². The number of aliphatic hydroxyl groups is 1. The molecule has 4 rings (SSSR count). The topological polar surface area (TPSA) is 68.4 Å². The maximum Gasteiger partial charge on any atom is 0.256 e. The second kappa shape index (κ2) is 10.3. The van der Waals surface area contributed by atoms with E-state index in [1.165, 1.54) is 6.42 Å². The van der Waals surface area contributed by atoms with Crippen LogP contribution in [-0.2, 0) is 6.42 Å². The van der Waals surface area contributed by atoms with Gasteiger partial charge in [0.25, 0.3) is 5.91 Å². The van der Waals surface area contributed by atoms with E-state index in [-0.39, 0.29) is 24.0 Å². The van der Waals surface area contributed by atoms with Gasteiger partial charge in [-0.05, 0) is 75.8 Å². The quantitative estimate of drug-likeness (QED) is 0.431. The van der Waals surface area contributed by atoms with Gasteiger partial charge in [0.05, 0.1) is 17.2 Å². The van der Waals surface area contributed by atoms with Crippen LogP contribution in [0.5, 0.6) is 0 Å². The molecule has 0 unspecified atom stereocenters. The monoisotopic (exact) mass is 467 g/mol. The first kappa shape index (κ1) is 23.8. The second-order valence-electron chi connectivity index (χ2n) is 9.47. The van der Waals surface area contributed by atoms with Crippen LogP contribution in [0, 0.1) is 0 Å². The van der Waals surface area contributed by atoms with Gasteiger partial charge in [0.15, 0.2) is 0 Å². The van der Waals surface area contributed by atoms with E-state index in [0.717, 1.165) is 46.9 Å². The van der Waals surface area contributed by atoms with Gasteiger partial charge < -0.3 is 20.3 Å². The van der Waals surface area contributed by atoms with Gasteiger partial charge in [-0.3, -0.25) is 4.79 Å². The molecule has 0 saturated carbocycles. The van der Waals surface area contributed by atoms with Crippen LogP contribution in [-0.4, -0.2) is 45.6 Å². The van der Waals surface area contributed by atoms with Gasteiger partial charge in [-0.1, -0.05) is 35.9 Å². The molecule has 0 spiro atoms. The van der Waals surface area contributed by atoms with Crippen LogP contribution >= 0.6 is 11.6 Å². The van der Waals surface area contributed by atoms with Gasteiger partial charge in [0, 0.05) is 41.3 Å². The van der Waals surface area contributed by atoms with E-state index < -0.39 is 6.10 Å². The number of benzene rings is 2. The number of para-hydroxylation sites is 1. The number of likely N-dealkylation sites (tertiary alicyclic amines) is 1. The third kappa shape index (κ3) is 5.26. The number of amides is 1. The summed E-state index contributed by atoms with van der Waals surface area (Å²) in [4.78, 5) is 18.9. The summed E-state index contributed by atoms with van der Waals surface area (Å²) in [5.74, 6) is 0.115. The first-order chi connectivity index (χ1) is 15.8. The highest BCUT2D eigenvalue weighted by molar-refractivity contribution is 6.30. The number of fused-ring (bicyclic) bond motifs is 1. The fraction of sp³-hybridized carbons (Fsp3) is 0.444. The second-order valence-corrected chi connectivity index (χ2v) is 9.90. The predicted octanol–water partition coefficient (Wildman–Crippen LogP) is 5.48. The average Bonchev–Trinajstić information content (AvgIpc) is 3.20. The van der Waals surface area contributed by atoms with Crippen LogP contribution in [0.25, 0.3) is 10.9 Å². The number of piperidine rings is 1. The lowest BCUT2D eigenvalue weighted by atomic mass is 9.95. The lowest BCUT2D eigenvalue weighted by Crippen LogP contribution is -2.47. The van der Waals surface area contributed by atoms with E-state index in [4.69, 9.17) is 11.6 Å². The third-order valence-corrected chi connectivity index (χ3v) is 7.11.